The van der Waals surface area contributed by atoms with E-state index in [1.165, 1.54) is 9.87 Å². The molecule has 1 N–H and O–H groups in total. The SMILES string of the molecule is CCc1ccc(S(=O)(=O)N2CCC(O)CC2)cc1CC(C)C. The van der Waals surface area contributed by atoms with Gasteiger partial charge >= 0.3 is 0 Å². The van der Waals surface area contributed by atoms with Crippen molar-refractivity contribution in [3.8, 4) is 0 Å². The number of aryl methyl sites for hydroxylation is 1. The Labute approximate surface area is 134 Å². The minimum Gasteiger partial charge on any atom is -0.393 e. The first-order valence-corrected chi connectivity index (χ1v) is 9.58. The quantitative estimate of drug-likeness (QED) is 0.905. The average Bonchev–Trinajstić information content (AvgIpc) is 2.47. The molecule has 2 rings (SSSR count). The van der Waals surface area contributed by atoms with Gasteiger partial charge in [-0.1, -0.05) is 26.8 Å². The van der Waals surface area contributed by atoms with E-state index in [-0.39, 0.29) is 6.10 Å². The topological polar surface area (TPSA) is 57.6 Å². The van der Waals surface area contributed by atoms with Crippen molar-refractivity contribution in [3.05, 3.63) is 29.3 Å². The molecule has 1 fully saturated rings. The van der Waals surface area contributed by atoms with Crippen LogP contribution >= 0.6 is 0 Å². The molecule has 0 spiro atoms. The van der Waals surface area contributed by atoms with Crippen molar-refractivity contribution in [3.63, 3.8) is 0 Å². The zero-order chi connectivity index (χ0) is 16.3. The smallest absolute Gasteiger partial charge is 0.243 e. The van der Waals surface area contributed by atoms with Crippen LogP contribution in [0.1, 0.15) is 44.7 Å². The summed E-state index contributed by atoms with van der Waals surface area (Å²) >= 11 is 0. The molecule has 0 bridgehead atoms. The van der Waals surface area contributed by atoms with Gasteiger partial charge in [0.1, 0.15) is 0 Å². The maximum Gasteiger partial charge on any atom is 0.243 e. The van der Waals surface area contributed by atoms with E-state index in [4.69, 9.17) is 0 Å². The normalized spacial score (nSPS) is 18.0. The lowest BCUT2D eigenvalue weighted by Crippen LogP contribution is -2.40. The van der Waals surface area contributed by atoms with Crippen molar-refractivity contribution in [2.45, 2.75) is 57.5 Å². The molecular formula is C17H27NO3S. The van der Waals surface area contributed by atoms with Crippen molar-refractivity contribution in [1.29, 1.82) is 0 Å². The van der Waals surface area contributed by atoms with E-state index in [0.29, 0.717) is 36.7 Å². The second-order valence-corrected chi connectivity index (χ2v) is 8.46. The monoisotopic (exact) mass is 325 g/mol. The maximum absolute atomic E-state index is 12.8. The fourth-order valence-electron chi connectivity index (χ4n) is 2.97. The Morgan fingerprint density at radius 3 is 2.41 bits per heavy atom. The van der Waals surface area contributed by atoms with E-state index in [1.54, 1.807) is 6.07 Å². The van der Waals surface area contributed by atoms with Gasteiger partial charge in [-0.2, -0.15) is 4.31 Å². The van der Waals surface area contributed by atoms with E-state index in [1.807, 2.05) is 12.1 Å². The fourth-order valence-corrected chi connectivity index (χ4v) is 4.49. The molecule has 0 aromatic heterocycles. The number of benzene rings is 1. The molecule has 0 saturated carbocycles. The van der Waals surface area contributed by atoms with Crippen LogP contribution in [0.5, 0.6) is 0 Å². The van der Waals surface area contributed by atoms with Gasteiger partial charge in [-0.3, -0.25) is 0 Å². The van der Waals surface area contributed by atoms with Gasteiger partial charge in [-0.25, -0.2) is 8.42 Å². The molecule has 0 amide bonds. The third kappa shape index (κ3) is 3.89. The highest BCUT2D eigenvalue weighted by Crippen LogP contribution is 2.24. The van der Waals surface area contributed by atoms with Crippen LogP contribution < -0.4 is 0 Å². The number of aliphatic hydroxyl groups excluding tert-OH is 1. The Bertz CT molecular complexity index is 602. The number of hydrogen-bond acceptors (Lipinski definition) is 3. The van der Waals surface area contributed by atoms with Crippen LogP contribution in [-0.2, 0) is 22.9 Å². The Morgan fingerprint density at radius 2 is 1.86 bits per heavy atom. The van der Waals surface area contributed by atoms with Gasteiger partial charge in [0.25, 0.3) is 0 Å². The first-order valence-electron chi connectivity index (χ1n) is 8.14. The molecule has 5 heteroatoms. The molecule has 1 aliphatic rings. The zero-order valence-corrected chi connectivity index (χ0v) is 14.6. The van der Waals surface area contributed by atoms with Crippen molar-refractivity contribution in [2.24, 2.45) is 5.92 Å². The number of aliphatic hydroxyl groups is 1. The third-order valence-electron chi connectivity index (χ3n) is 4.25. The number of rotatable bonds is 5. The predicted octanol–water partition coefficient (Wildman–Crippen LogP) is 2.59. The lowest BCUT2D eigenvalue weighted by molar-refractivity contribution is 0.113. The van der Waals surface area contributed by atoms with E-state index >= 15 is 0 Å². The molecule has 1 aromatic rings. The van der Waals surface area contributed by atoms with Crippen LogP contribution in [0.2, 0.25) is 0 Å². The van der Waals surface area contributed by atoms with E-state index in [9.17, 15) is 13.5 Å². The number of sulfonamides is 1. The highest BCUT2D eigenvalue weighted by atomic mass is 32.2. The summed E-state index contributed by atoms with van der Waals surface area (Å²) in [4.78, 5) is 0.386. The molecule has 1 aromatic carbocycles. The van der Waals surface area contributed by atoms with E-state index in [2.05, 4.69) is 20.8 Å². The van der Waals surface area contributed by atoms with Gasteiger partial charge in [0, 0.05) is 13.1 Å². The molecule has 1 saturated heterocycles. The van der Waals surface area contributed by atoms with Crippen molar-refractivity contribution >= 4 is 10.0 Å². The first kappa shape index (κ1) is 17.4. The molecular weight excluding hydrogens is 298 g/mol. The predicted molar refractivity (Wildman–Crippen MR) is 88.4 cm³/mol. The summed E-state index contributed by atoms with van der Waals surface area (Å²) in [5.74, 6) is 0.494. The second kappa shape index (κ2) is 7.11. The number of nitrogens with zero attached hydrogens (tertiary/aromatic N) is 1. The van der Waals surface area contributed by atoms with Crippen LogP contribution in [0, 0.1) is 5.92 Å². The van der Waals surface area contributed by atoms with E-state index < -0.39 is 10.0 Å². The van der Waals surface area contributed by atoms with Crippen LogP contribution in [0.15, 0.2) is 23.1 Å². The number of hydrogen-bond donors (Lipinski definition) is 1. The molecule has 0 radical (unpaired) electrons. The standard InChI is InChI=1S/C17H27NO3S/c1-4-14-5-6-17(12-15(14)11-13(2)3)22(20,21)18-9-7-16(19)8-10-18/h5-6,12-13,16,19H,4,7-11H2,1-3H3. The third-order valence-corrected chi connectivity index (χ3v) is 6.14. The van der Waals surface area contributed by atoms with E-state index in [0.717, 1.165) is 18.4 Å². The fraction of sp³-hybridized carbons (Fsp3) is 0.647. The Kier molecular flexibility index (Phi) is 5.64. The molecule has 22 heavy (non-hydrogen) atoms. The zero-order valence-electron chi connectivity index (χ0n) is 13.7. The van der Waals surface area contributed by atoms with Gasteiger partial charge < -0.3 is 5.11 Å². The van der Waals surface area contributed by atoms with Crippen molar-refractivity contribution in [2.75, 3.05) is 13.1 Å². The minimum atomic E-state index is -3.45. The summed E-state index contributed by atoms with van der Waals surface area (Å²) < 4.78 is 27.1. The highest BCUT2D eigenvalue weighted by Gasteiger charge is 2.29. The summed E-state index contributed by atoms with van der Waals surface area (Å²) in [6.45, 7) is 7.19. The minimum absolute atomic E-state index is 0.370. The average molecular weight is 325 g/mol. The molecule has 4 nitrogen and oxygen atoms in total. The summed E-state index contributed by atoms with van der Waals surface area (Å²) in [6, 6.07) is 5.52. The summed E-state index contributed by atoms with van der Waals surface area (Å²) in [5.41, 5.74) is 2.36. The molecule has 0 atom stereocenters. The molecule has 0 aliphatic carbocycles. The van der Waals surface area contributed by atoms with Gasteiger partial charge in [-0.05, 0) is 54.9 Å². The van der Waals surface area contributed by atoms with Crippen LogP contribution in [0.3, 0.4) is 0 Å². The second-order valence-electron chi connectivity index (χ2n) is 6.52. The lowest BCUT2D eigenvalue weighted by atomic mass is 9.97. The largest absolute Gasteiger partial charge is 0.393 e. The molecule has 1 heterocycles. The van der Waals surface area contributed by atoms with Gasteiger partial charge in [-0.15, -0.1) is 0 Å². The first-order chi connectivity index (χ1) is 10.3. The lowest BCUT2D eigenvalue weighted by Gasteiger charge is -2.29. The Morgan fingerprint density at radius 1 is 1.23 bits per heavy atom. The van der Waals surface area contributed by atoms with Crippen LogP contribution in [0.4, 0.5) is 0 Å². The van der Waals surface area contributed by atoms with Crippen LogP contribution in [0.25, 0.3) is 0 Å². The highest BCUT2D eigenvalue weighted by molar-refractivity contribution is 7.89. The molecule has 124 valence electrons. The van der Waals surface area contributed by atoms with Gasteiger partial charge in [0.2, 0.25) is 10.0 Å². The van der Waals surface area contributed by atoms with Gasteiger partial charge in [0.05, 0.1) is 11.0 Å². The molecule has 0 unspecified atom stereocenters. The number of piperidine rings is 1. The van der Waals surface area contributed by atoms with Gasteiger partial charge in [0.15, 0.2) is 0 Å². The van der Waals surface area contributed by atoms with Crippen LogP contribution in [-0.4, -0.2) is 37.0 Å². The van der Waals surface area contributed by atoms with Crippen molar-refractivity contribution in [1.82, 2.24) is 4.31 Å². The Hall–Kier alpha value is -0.910. The summed E-state index contributed by atoms with van der Waals surface area (Å²) in [5, 5.41) is 9.55. The Balaban J connectivity index is 2.30. The van der Waals surface area contributed by atoms with Crippen molar-refractivity contribution < 1.29 is 13.5 Å². The summed E-state index contributed by atoms with van der Waals surface area (Å²) in [7, 11) is -3.45. The maximum atomic E-state index is 12.8. The molecule has 1 aliphatic heterocycles. The summed E-state index contributed by atoms with van der Waals surface area (Å²) in [6.07, 6.45) is 2.48.